The van der Waals surface area contributed by atoms with Crippen LogP contribution in [0.3, 0.4) is 0 Å². The van der Waals surface area contributed by atoms with Crippen molar-refractivity contribution in [2.45, 2.75) is 32.4 Å². The smallest absolute Gasteiger partial charge is 0.179 e. The summed E-state index contributed by atoms with van der Waals surface area (Å²) in [6, 6.07) is 5.79. The second-order valence-corrected chi connectivity index (χ2v) is 4.72. The highest BCUT2D eigenvalue weighted by atomic mass is 16.5. The fourth-order valence-corrected chi connectivity index (χ4v) is 2.18. The maximum absolute atomic E-state index is 12.3. The highest BCUT2D eigenvalue weighted by Crippen LogP contribution is 2.17. The fourth-order valence-electron chi connectivity index (χ4n) is 2.18. The average molecular weight is 233 g/mol. The lowest BCUT2D eigenvalue weighted by atomic mass is 9.98. The number of ether oxygens (including phenoxy) is 1. The van der Waals surface area contributed by atoms with Crippen molar-refractivity contribution in [2.75, 3.05) is 13.7 Å². The van der Waals surface area contributed by atoms with Crippen molar-refractivity contribution in [3.05, 3.63) is 34.9 Å². The van der Waals surface area contributed by atoms with E-state index in [1.165, 1.54) is 5.56 Å². The van der Waals surface area contributed by atoms with Crippen LogP contribution in [0.25, 0.3) is 0 Å². The van der Waals surface area contributed by atoms with Crippen LogP contribution in [0.5, 0.6) is 0 Å². The third kappa shape index (κ3) is 2.56. The Balaban J connectivity index is 2.12. The third-order valence-electron chi connectivity index (χ3n) is 3.53. The van der Waals surface area contributed by atoms with Crippen LogP contribution < -0.4 is 5.32 Å². The highest BCUT2D eigenvalue weighted by molar-refractivity contribution is 6.00. The Kier molecular flexibility index (Phi) is 3.60. The van der Waals surface area contributed by atoms with Crippen LogP contribution in [-0.4, -0.2) is 31.6 Å². The molecular weight excluding hydrogens is 214 g/mol. The number of carbonyl (C=O) groups is 1. The zero-order valence-electron chi connectivity index (χ0n) is 10.6. The summed E-state index contributed by atoms with van der Waals surface area (Å²) in [7, 11) is 1.69. The number of methoxy groups -OCH3 is 1. The minimum absolute atomic E-state index is 0.0953. The van der Waals surface area contributed by atoms with E-state index in [1.807, 2.05) is 25.1 Å². The molecule has 3 nitrogen and oxygen atoms in total. The van der Waals surface area contributed by atoms with Gasteiger partial charge in [-0.15, -0.1) is 0 Å². The molecule has 3 heteroatoms. The van der Waals surface area contributed by atoms with Crippen molar-refractivity contribution in [1.29, 1.82) is 0 Å². The van der Waals surface area contributed by atoms with Gasteiger partial charge in [-0.3, -0.25) is 4.79 Å². The summed E-state index contributed by atoms with van der Waals surface area (Å²) in [5.41, 5.74) is 3.18. The van der Waals surface area contributed by atoms with E-state index >= 15 is 0 Å². The molecule has 1 fully saturated rings. The van der Waals surface area contributed by atoms with Gasteiger partial charge in [-0.05, 0) is 37.5 Å². The molecule has 0 aliphatic carbocycles. The van der Waals surface area contributed by atoms with Crippen LogP contribution in [0.1, 0.15) is 27.9 Å². The lowest BCUT2D eigenvalue weighted by Crippen LogP contribution is -2.30. The Morgan fingerprint density at radius 2 is 2.12 bits per heavy atom. The molecule has 1 heterocycles. The van der Waals surface area contributed by atoms with Gasteiger partial charge in [0.1, 0.15) is 0 Å². The van der Waals surface area contributed by atoms with Crippen LogP contribution in [-0.2, 0) is 4.74 Å². The topological polar surface area (TPSA) is 38.3 Å². The number of rotatable bonds is 3. The molecule has 1 saturated heterocycles. The van der Waals surface area contributed by atoms with Crippen LogP contribution in [0.2, 0.25) is 0 Å². The Labute approximate surface area is 102 Å². The van der Waals surface area contributed by atoms with Gasteiger partial charge in [0.25, 0.3) is 0 Å². The molecule has 2 unspecified atom stereocenters. The number of nitrogens with one attached hydrogen (secondary N) is 1. The number of aryl methyl sites for hydroxylation is 2. The van der Waals surface area contributed by atoms with Crippen LogP contribution in [0.15, 0.2) is 18.2 Å². The van der Waals surface area contributed by atoms with Gasteiger partial charge < -0.3 is 10.1 Å². The lowest BCUT2D eigenvalue weighted by Gasteiger charge is -2.10. The van der Waals surface area contributed by atoms with E-state index in [0.717, 1.165) is 24.1 Å². The molecule has 0 amide bonds. The average Bonchev–Trinajstić information content (AvgIpc) is 2.80. The fraction of sp³-hybridized carbons (Fsp3) is 0.500. The van der Waals surface area contributed by atoms with E-state index < -0.39 is 0 Å². The summed E-state index contributed by atoms with van der Waals surface area (Å²) in [6.07, 6.45) is 0.929. The minimum Gasteiger partial charge on any atom is -0.380 e. The number of hydrogen-bond donors (Lipinski definition) is 1. The standard InChI is InChI=1S/C14H19NO2/c1-9-4-5-11(6-10(9)2)14(16)13-7-12(17-3)8-15-13/h4-6,12-13,15H,7-8H2,1-3H3. The summed E-state index contributed by atoms with van der Waals surface area (Å²) in [5.74, 6) is 0.174. The van der Waals surface area contributed by atoms with Crippen molar-refractivity contribution >= 4 is 5.78 Å². The molecule has 17 heavy (non-hydrogen) atoms. The summed E-state index contributed by atoms with van der Waals surface area (Å²) >= 11 is 0. The largest absolute Gasteiger partial charge is 0.380 e. The minimum atomic E-state index is -0.0953. The normalized spacial score (nSPS) is 23.9. The molecule has 1 aliphatic heterocycles. The molecule has 92 valence electrons. The van der Waals surface area contributed by atoms with Crippen LogP contribution in [0, 0.1) is 13.8 Å². The summed E-state index contributed by atoms with van der Waals surface area (Å²) in [6.45, 7) is 4.85. The predicted molar refractivity (Wildman–Crippen MR) is 67.5 cm³/mol. The molecule has 1 aromatic carbocycles. The first kappa shape index (κ1) is 12.3. The van der Waals surface area contributed by atoms with Crippen molar-refractivity contribution < 1.29 is 9.53 Å². The van der Waals surface area contributed by atoms with E-state index in [4.69, 9.17) is 4.74 Å². The number of benzene rings is 1. The predicted octanol–water partition coefficient (Wildman–Crippen LogP) is 1.86. The van der Waals surface area contributed by atoms with E-state index in [9.17, 15) is 4.79 Å². The Bertz CT molecular complexity index is 428. The summed E-state index contributed by atoms with van der Waals surface area (Å²) in [5, 5.41) is 3.22. The highest BCUT2D eigenvalue weighted by Gasteiger charge is 2.29. The first-order chi connectivity index (χ1) is 8.11. The van der Waals surface area contributed by atoms with Gasteiger partial charge in [-0.1, -0.05) is 12.1 Å². The van der Waals surface area contributed by atoms with Crippen LogP contribution >= 0.6 is 0 Å². The number of ketones is 1. The molecule has 0 aromatic heterocycles. The molecule has 0 saturated carbocycles. The van der Waals surface area contributed by atoms with Crippen molar-refractivity contribution in [3.8, 4) is 0 Å². The second kappa shape index (κ2) is 4.98. The third-order valence-corrected chi connectivity index (χ3v) is 3.53. The molecule has 1 aliphatic rings. The van der Waals surface area contributed by atoms with Gasteiger partial charge in [0, 0.05) is 19.2 Å². The molecule has 1 aromatic rings. The SMILES string of the molecule is COC1CNC(C(=O)c2ccc(C)c(C)c2)C1. The molecule has 2 atom stereocenters. The zero-order chi connectivity index (χ0) is 12.4. The quantitative estimate of drug-likeness (QED) is 0.810. The summed E-state index contributed by atoms with van der Waals surface area (Å²) < 4.78 is 5.26. The van der Waals surface area contributed by atoms with Gasteiger partial charge in [-0.2, -0.15) is 0 Å². The molecule has 0 radical (unpaired) electrons. The van der Waals surface area contributed by atoms with Gasteiger partial charge in [-0.25, -0.2) is 0 Å². The maximum Gasteiger partial charge on any atom is 0.179 e. The van der Waals surface area contributed by atoms with Gasteiger partial charge in [0.2, 0.25) is 0 Å². The number of carbonyl (C=O) groups excluding carboxylic acids is 1. The molecule has 0 bridgehead atoms. The number of hydrogen-bond acceptors (Lipinski definition) is 3. The Hall–Kier alpha value is -1.19. The molecular formula is C14H19NO2. The van der Waals surface area contributed by atoms with E-state index in [1.54, 1.807) is 7.11 Å². The lowest BCUT2D eigenvalue weighted by molar-refractivity contribution is 0.0918. The van der Waals surface area contributed by atoms with Gasteiger partial charge in [0.05, 0.1) is 12.1 Å². The van der Waals surface area contributed by atoms with Crippen molar-refractivity contribution in [3.63, 3.8) is 0 Å². The van der Waals surface area contributed by atoms with Gasteiger partial charge in [0.15, 0.2) is 5.78 Å². The van der Waals surface area contributed by atoms with Crippen molar-refractivity contribution in [1.82, 2.24) is 5.32 Å². The number of Topliss-reactive ketones (excluding diaryl/α,β-unsaturated/α-hetero) is 1. The maximum atomic E-state index is 12.3. The Morgan fingerprint density at radius 3 is 2.71 bits per heavy atom. The van der Waals surface area contributed by atoms with Crippen molar-refractivity contribution in [2.24, 2.45) is 0 Å². The van der Waals surface area contributed by atoms with E-state index in [0.29, 0.717) is 0 Å². The summed E-state index contributed by atoms with van der Waals surface area (Å²) in [4.78, 5) is 12.3. The monoisotopic (exact) mass is 233 g/mol. The van der Waals surface area contributed by atoms with E-state index in [2.05, 4.69) is 12.2 Å². The second-order valence-electron chi connectivity index (χ2n) is 4.72. The first-order valence-corrected chi connectivity index (χ1v) is 5.99. The zero-order valence-corrected chi connectivity index (χ0v) is 10.6. The van der Waals surface area contributed by atoms with E-state index in [-0.39, 0.29) is 17.9 Å². The molecule has 0 spiro atoms. The van der Waals surface area contributed by atoms with Gasteiger partial charge >= 0.3 is 0 Å². The van der Waals surface area contributed by atoms with Crippen LogP contribution in [0.4, 0.5) is 0 Å². The molecule has 1 N–H and O–H groups in total. The molecule has 2 rings (SSSR count). The first-order valence-electron chi connectivity index (χ1n) is 5.99. The Morgan fingerprint density at radius 1 is 1.35 bits per heavy atom.